The average molecular weight is 390 g/mol. The molecule has 0 spiro atoms. The number of halogens is 3. The molecule has 0 amide bonds. The molecule has 28 heavy (non-hydrogen) atoms. The van der Waals surface area contributed by atoms with Crippen molar-refractivity contribution in [2.24, 2.45) is 0 Å². The van der Waals surface area contributed by atoms with Crippen LogP contribution in [-0.2, 0) is 0 Å². The molecule has 0 fully saturated rings. The minimum atomic E-state index is -1.00. The topological polar surface area (TPSA) is 68.3 Å². The monoisotopic (exact) mass is 390 g/mol. The van der Waals surface area contributed by atoms with Gasteiger partial charge in [-0.2, -0.15) is 0 Å². The fourth-order valence-corrected chi connectivity index (χ4v) is 3.03. The highest BCUT2D eigenvalue weighted by Gasteiger charge is 2.19. The van der Waals surface area contributed by atoms with Crippen molar-refractivity contribution in [2.45, 2.75) is 32.6 Å². The molecule has 0 aliphatic heterocycles. The lowest BCUT2D eigenvalue weighted by Gasteiger charge is -2.12. The van der Waals surface area contributed by atoms with Gasteiger partial charge in [0.2, 0.25) is 0 Å². The Morgan fingerprint density at radius 2 is 1.79 bits per heavy atom. The summed E-state index contributed by atoms with van der Waals surface area (Å²) in [6.07, 6.45) is 3.87. The Morgan fingerprint density at radius 3 is 2.50 bits per heavy atom. The number of hydrogen-bond acceptors (Lipinski definition) is 4. The Kier molecular flexibility index (Phi) is 5.92. The van der Waals surface area contributed by atoms with Crippen LogP contribution in [0.15, 0.2) is 39.5 Å². The predicted molar refractivity (Wildman–Crippen MR) is 105 cm³/mol. The van der Waals surface area contributed by atoms with Crippen molar-refractivity contribution in [3.8, 4) is 11.3 Å². The molecule has 0 atom stereocenters. The van der Waals surface area contributed by atoms with Gasteiger partial charge in [-0.1, -0.05) is 26.2 Å². The third-order valence-corrected chi connectivity index (χ3v) is 4.52. The van der Waals surface area contributed by atoms with Gasteiger partial charge in [0.05, 0.1) is 16.8 Å². The van der Waals surface area contributed by atoms with Crippen molar-refractivity contribution in [1.29, 1.82) is 0 Å². The zero-order valence-corrected chi connectivity index (χ0v) is 15.5. The lowest BCUT2D eigenvalue weighted by Crippen LogP contribution is -2.10. The second-order valence-corrected chi connectivity index (χ2v) is 6.62. The van der Waals surface area contributed by atoms with Crippen LogP contribution < -0.4 is 16.5 Å². The minimum Gasteiger partial charge on any atom is -0.453 e. The smallest absolute Gasteiger partial charge is 0.195 e. The van der Waals surface area contributed by atoms with Crippen LogP contribution in [0.2, 0.25) is 0 Å². The van der Waals surface area contributed by atoms with E-state index in [4.69, 9.17) is 10.2 Å². The molecular weight excluding hydrogens is 369 g/mol. The highest BCUT2D eigenvalue weighted by molar-refractivity contribution is 5.91. The second kappa shape index (κ2) is 8.37. The van der Waals surface area contributed by atoms with E-state index in [1.807, 2.05) is 0 Å². The van der Waals surface area contributed by atoms with E-state index >= 15 is 0 Å². The first-order valence-corrected chi connectivity index (χ1v) is 9.17. The van der Waals surface area contributed by atoms with E-state index in [9.17, 15) is 18.0 Å². The summed E-state index contributed by atoms with van der Waals surface area (Å²) in [5.41, 5.74) is 4.53. The average Bonchev–Trinajstić information content (AvgIpc) is 2.66. The second-order valence-electron chi connectivity index (χ2n) is 6.62. The van der Waals surface area contributed by atoms with Gasteiger partial charge in [0.25, 0.3) is 0 Å². The van der Waals surface area contributed by atoms with Crippen LogP contribution in [0.1, 0.15) is 32.6 Å². The zero-order valence-electron chi connectivity index (χ0n) is 15.5. The summed E-state index contributed by atoms with van der Waals surface area (Å²) in [5, 5.41) is 2.68. The van der Waals surface area contributed by atoms with Crippen molar-refractivity contribution < 1.29 is 17.6 Å². The summed E-state index contributed by atoms with van der Waals surface area (Å²) in [5.74, 6) is -2.58. The van der Waals surface area contributed by atoms with Crippen LogP contribution in [0.3, 0.4) is 0 Å². The molecule has 7 heteroatoms. The van der Waals surface area contributed by atoms with E-state index in [0.717, 1.165) is 37.8 Å². The largest absolute Gasteiger partial charge is 0.453 e. The van der Waals surface area contributed by atoms with Crippen molar-refractivity contribution in [2.75, 3.05) is 17.6 Å². The van der Waals surface area contributed by atoms with E-state index in [-0.39, 0.29) is 33.7 Å². The van der Waals surface area contributed by atoms with Crippen LogP contribution in [0.5, 0.6) is 0 Å². The molecule has 0 unspecified atom stereocenters. The van der Waals surface area contributed by atoms with Crippen molar-refractivity contribution >= 4 is 22.3 Å². The molecule has 0 saturated carbocycles. The summed E-state index contributed by atoms with van der Waals surface area (Å²) < 4.78 is 47.9. The SMILES string of the molecule is CCCCCCNc1c(F)cc(F)c2oc(-c3ccc(N)c(F)c3)cc(=O)c12. The highest BCUT2D eigenvalue weighted by atomic mass is 19.1. The van der Waals surface area contributed by atoms with Crippen LogP contribution >= 0.6 is 0 Å². The molecule has 0 aliphatic rings. The van der Waals surface area contributed by atoms with Crippen LogP contribution in [0, 0.1) is 17.5 Å². The summed E-state index contributed by atoms with van der Waals surface area (Å²) in [4.78, 5) is 12.6. The first-order valence-electron chi connectivity index (χ1n) is 9.17. The van der Waals surface area contributed by atoms with E-state index in [2.05, 4.69) is 12.2 Å². The van der Waals surface area contributed by atoms with Crippen LogP contribution in [-0.4, -0.2) is 6.54 Å². The first kappa shape index (κ1) is 19.8. The van der Waals surface area contributed by atoms with Gasteiger partial charge in [-0.3, -0.25) is 4.79 Å². The number of fused-ring (bicyclic) bond motifs is 1. The highest BCUT2D eigenvalue weighted by Crippen LogP contribution is 2.31. The number of anilines is 2. The molecule has 3 rings (SSSR count). The summed E-state index contributed by atoms with van der Waals surface area (Å²) in [6.45, 7) is 2.53. The molecule has 4 nitrogen and oxygen atoms in total. The molecule has 0 aliphatic carbocycles. The predicted octanol–water partition coefficient (Wildman–Crippen LogP) is 5.45. The van der Waals surface area contributed by atoms with Crippen LogP contribution in [0.25, 0.3) is 22.3 Å². The summed E-state index contributed by atoms with van der Waals surface area (Å²) >= 11 is 0. The van der Waals surface area contributed by atoms with E-state index < -0.39 is 22.9 Å². The van der Waals surface area contributed by atoms with Gasteiger partial charge in [-0.15, -0.1) is 0 Å². The molecule has 1 aromatic heterocycles. The molecule has 0 bridgehead atoms. The summed E-state index contributed by atoms with van der Waals surface area (Å²) in [7, 11) is 0. The maximum absolute atomic E-state index is 14.3. The molecule has 0 saturated heterocycles. The normalized spacial score (nSPS) is 11.1. The molecular formula is C21H21F3N2O2. The Labute approximate surface area is 160 Å². The number of benzene rings is 2. The Morgan fingerprint density at radius 1 is 1.00 bits per heavy atom. The maximum Gasteiger partial charge on any atom is 0.195 e. The van der Waals surface area contributed by atoms with Gasteiger partial charge in [0.15, 0.2) is 16.8 Å². The van der Waals surface area contributed by atoms with Gasteiger partial charge < -0.3 is 15.5 Å². The Hall–Kier alpha value is -2.96. The van der Waals surface area contributed by atoms with Crippen molar-refractivity contribution in [1.82, 2.24) is 0 Å². The third kappa shape index (κ3) is 3.98. The lowest BCUT2D eigenvalue weighted by molar-refractivity contribution is 0.545. The molecule has 3 aromatic rings. The van der Waals surface area contributed by atoms with Gasteiger partial charge in [0, 0.05) is 24.2 Å². The number of nitrogens with one attached hydrogen (secondary N) is 1. The molecule has 2 aromatic carbocycles. The number of rotatable bonds is 7. The van der Waals surface area contributed by atoms with E-state index in [1.165, 1.54) is 12.1 Å². The maximum atomic E-state index is 14.3. The number of nitrogen functional groups attached to an aromatic ring is 1. The minimum absolute atomic E-state index is 0.0317. The quantitative estimate of drug-likeness (QED) is 0.416. The molecule has 1 heterocycles. The van der Waals surface area contributed by atoms with Gasteiger partial charge >= 0.3 is 0 Å². The van der Waals surface area contributed by atoms with E-state index in [0.29, 0.717) is 12.6 Å². The lowest BCUT2D eigenvalue weighted by atomic mass is 10.1. The van der Waals surface area contributed by atoms with Gasteiger partial charge in [-0.05, 0) is 24.6 Å². The van der Waals surface area contributed by atoms with Crippen molar-refractivity contribution in [3.05, 3.63) is 58.0 Å². The fraction of sp³-hybridized carbons (Fsp3) is 0.286. The first-order chi connectivity index (χ1) is 13.4. The van der Waals surface area contributed by atoms with Gasteiger partial charge in [0.1, 0.15) is 17.4 Å². The zero-order chi connectivity index (χ0) is 20.3. The molecule has 148 valence electrons. The molecule has 0 radical (unpaired) electrons. The molecule has 3 N–H and O–H groups in total. The number of hydrogen-bond donors (Lipinski definition) is 2. The Bertz CT molecular complexity index is 1060. The van der Waals surface area contributed by atoms with Gasteiger partial charge in [-0.25, -0.2) is 13.2 Å². The van der Waals surface area contributed by atoms with Crippen molar-refractivity contribution in [3.63, 3.8) is 0 Å². The fourth-order valence-electron chi connectivity index (χ4n) is 3.03. The standard InChI is InChI=1S/C21H21F3N2O2/c1-2-3-4-5-8-26-20-14(23)10-15(24)21-19(20)17(27)11-18(28-21)12-6-7-16(25)13(22)9-12/h6-7,9-11,26H,2-5,8,25H2,1H3. The third-order valence-electron chi connectivity index (χ3n) is 4.52. The number of unbranched alkanes of at least 4 members (excludes halogenated alkanes) is 3. The Balaban J connectivity index is 2.04. The summed E-state index contributed by atoms with van der Waals surface area (Å²) in [6, 6.07) is 5.63. The van der Waals surface area contributed by atoms with Crippen LogP contribution in [0.4, 0.5) is 24.5 Å². The number of nitrogens with two attached hydrogens (primary N) is 1. The van der Waals surface area contributed by atoms with E-state index in [1.54, 1.807) is 0 Å².